The first-order valence-electron chi connectivity index (χ1n) is 11.3. The Morgan fingerprint density at radius 3 is 2.11 bits per heavy atom. The van der Waals surface area contributed by atoms with Gasteiger partial charge in [0.15, 0.2) is 0 Å². The van der Waals surface area contributed by atoms with Crippen LogP contribution in [-0.4, -0.2) is 28.5 Å². The van der Waals surface area contributed by atoms with Crippen molar-refractivity contribution in [2.24, 2.45) is 0 Å². The first-order valence-corrected chi connectivity index (χ1v) is 11.3. The van der Waals surface area contributed by atoms with E-state index in [0.717, 1.165) is 11.1 Å². The molecule has 0 bridgehead atoms. The number of carbonyl (C=O) groups is 3. The molecule has 3 aromatic rings. The minimum Gasteiger partial charge on any atom is -0.444 e. The standard InChI is InChI=1S/C27H30N4O4/c1-27(2,3)35-26(34)31-23-13-11-22(12-14-23)30-25(33)21-9-6-19(7-10-21)8-15-24(32)29-18-20-5-4-16-28-17-20/h4-7,9-14,16-17H,8,15,18H2,1-3H3,(H,29,32)(H,30,33)(H,31,34). The highest BCUT2D eigenvalue weighted by Gasteiger charge is 2.16. The molecule has 182 valence electrons. The molecule has 3 amide bonds. The van der Waals surface area contributed by atoms with Crippen LogP contribution in [0.5, 0.6) is 0 Å². The molecule has 1 aromatic heterocycles. The van der Waals surface area contributed by atoms with Gasteiger partial charge < -0.3 is 15.4 Å². The Morgan fingerprint density at radius 1 is 0.857 bits per heavy atom. The molecule has 0 spiro atoms. The molecular formula is C27H30N4O4. The van der Waals surface area contributed by atoms with Gasteiger partial charge in [0.05, 0.1) is 0 Å². The largest absolute Gasteiger partial charge is 0.444 e. The maximum absolute atomic E-state index is 12.6. The Labute approximate surface area is 205 Å². The van der Waals surface area contributed by atoms with Crippen LogP contribution in [0.2, 0.25) is 0 Å². The van der Waals surface area contributed by atoms with E-state index < -0.39 is 11.7 Å². The number of aryl methyl sites for hydroxylation is 1. The summed E-state index contributed by atoms with van der Waals surface area (Å²) in [6.07, 6.45) is 3.81. The Hall–Kier alpha value is -4.20. The van der Waals surface area contributed by atoms with E-state index in [1.165, 1.54) is 0 Å². The molecule has 0 aliphatic carbocycles. The maximum Gasteiger partial charge on any atom is 0.412 e. The lowest BCUT2D eigenvalue weighted by Gasteiger charge is -2.19. The normalized spacial score (nSPS) is 10.8. The van der Waals surface area contributed by atoms with Gasteiger partial charge in [-0.15, -0.1) is 0 Å². The van der Waals surface area contributed by atoms with E-state index in [2.05, 4.69) is 20.9 Å². The number of nitrogens with one attached hydrogen (secondary N) is 3. The number of anilines is 2. The second kappa shape index (κ2) is 11.8. The Balaban J connectivity index is 1.44. The van der Waals surface area contributed by atoms with Crippen molar-refractivity contribution in [2.45, 2.75) is 45.8 Å². The molecule has 8 nitrogen and oxygen atoms in total. The van der Waals surface area contributed by atoms with Gasteiger partial charge >= 0.3 is 6.09 Å². The summed E-state index contributed by atoms with van der Waals surface area (Å²) >= 11 is 0. The number of benzene rings is 2. The molecule has 3 N–H and O–H groups in total. The first-order chi connectivity index (χ1) is 16.7. The van der Waals surface area contributed by atoms with Crippen molar-refractivity contribution in [1.29, 1.82) is 0 Å². The molecule has 0 fully saturated rings. The quantitative estimate of drug-likeness (QED) is 0.429. The molecular weight excluding hydrogens is 444 g/mol. The van der Waals surface area contributed by atoms with E-state index in [-0.39, 0.29) is 11.8 Å². The van der Waals surface area contributed by atoms with Crippen molar-refractivity contribution in [3.05, 3.63) is 89.7 Å². The van der Waals surface area contributed by atoms with E-state index in [1.54, 1.807) is 69.6 Å². The highest BCUT2D eigenvalue weighted by Crippen LogP contribution is 2.17. The molecule has 0 radical (unpaired) electrons. The smallest absolute Gasteiger partial charge is 0.412 e. The SMILES string of the molecule is CC(C)(C)OC(=O)Nc1ccc(NC(=O)c2ccc(CCC(=O)NCc3cccnc3)cc2)cc1. The zero-order valence-electron chi connectivity index (χ0n) is 20.1. The first kappa shape index (κ1) is 25.4. The van der Waals surface area contributed by atoms with Crippen molar-refractivity contribution < 1.29 is 19.1 Å². The third-order valence-corrected chi connectivity index (χ3v) is 4.86. The van der Waals surface area contributed by atoms with E-state index in [1.807, 2.05) is 24.3 Å². The van der Waals surface area contributed by atoms with E-state index in [4.69, 9.17) is 4.74 Å². The molecule has 8 heteroatoms. The molecule has 0 saturated carbocycles. The van der Waals surface area contributed by atoms with E-state index in [0.29, 0.717) is 36.3 Å². The van der Waals surface area contributed by atoms with Gasteiger partial charge in [-0.3, -0.25) is 19.9 Å². The third kappa shape index (κ3) is 8.92. The second-order valence-corrected chi connectivity index (χ2v) is 8.99. The summed E-state index contributed by atoms with van der Waals surface area (Å²) in [6, 6.07) is 17.7. The van der Waals surface area contributed by atoms with Gasteiger partial charge in [-0.25, -0.2) is 4.79 Å². The number of hydrogen-bond acceptors (Lipinski definition) is 5. The topological polar surface area (TPSA) is 109 Å². The van der Waals surface area contributed by atoms with Crippen molar-refractivity contribution in [3.8, 4) is 0 Å². The highest BCUT2D eigenvalue weighted by atomic mass is 16.6. The van der Waals surface area contributed by atoms with Crippen LogP contribution >= 0.6 is 0 Å². The Morgan fingerprint density at radius 2 is 1.51 bits per heavy atom. The fourth-order valence-corrected chi connectivity index (χ4v) is 3.13. The van der Waals surface area contributed by atoms with Gasteiger partial charge in [-0.1, -0.05) is 18.2 Å². The summed E-state index contributed by atoms with van der Waals surface area (Å²) < 4.78 is 5.22. The Kier molecular flexibility index (Phi) is 8.56. The van der Waals surface area contributed by atoms with Crippen LogP contribution in [0.1, 0.15) is 48.7 Å². The van der Waals surface area contributed by atoms with Crippen molar-refractivity contribution in [3.63, 3.8) is 0 Å². The second-order valence-electron chi connectivity index (χ2n) is 8.99. The molecule has 0 aliphatic heterocycles. The molecule has 3 rings (SSSR count). The van der Waals surface area contributed by atoms with Crippen LogP contribution in [0.4, 0.5) is 16.2 Å². The zero-order valence-corrected chi connectivity index (χ0v) is 20.1. The fraction of sp³-hybridized carbons (Fsp3) is 0.259. The number of pyridine rings is 1. The third-order valence-electron chi connectivity index (χ3n) is 4.86. The molecule has 0 aliphatic rings. The lowest BCUT2D eigenvalue weighted by molar-refractivity contribution is -0.121. The average Bonchev–Trinajstić information content (AvgIpc) is 2.82. The molecule has 1 heterocycles. The van der Waals surface area contributed by atoms with E-state index >= 15 is 0 Å². The number of nitrogens with zero attached hydrogens (tertiary/aromatic N) is 1. The van der Waals surface area contributed by atoms with Gasteiger partial charge in [0, 0.05) is 42.3 Å². The van der Waals surface area contributed by atoms with Crippen LogP contribution in [0.25, 0.3) is 0 Å². The number of hydrogen-bond donors (Lipinski definition) is 3. The van der Waals surface area contributed by atoms with Gasteiger partial charge in [0.25, 0.3) is 5.91 Å². The lowest BCUT2D eigenvalue weighted by Crippen LogP contribution is -2.27. The minimum absolute atomic E-state index is 0.0414. The molecule has 2 aromatic carbocycles. The van der Waals surface area contributed by atoms with Crippen LogP contribution in [-0.2, 0) is 22.5 Å². The summed E-state index contributed by atoms with van der Waals surface area (Å²) in [5.74, 6) is -0.293. The van der Waals surface area contributed by atoms with Crippen LogP contribution in [0.15, 0.2) is 73.1 Å². The fourth-order valence-electron chi connectivity index (χ4n) is 3.13. The number of aromatic nitrogens is 1. The highest BCUT2D eigenvalue weighted by molar-refractivity contribution is 6.04. The van der Waals surface area contributed by atoms with Gasteiger partial charge in [0.1, 0.15) is 5.60 Å². The maximum atomic E-state index is 12.6. The summed E-state index contributed by atoms with van der Waals surface area (Å²) in [6.45, 7) is 5.82. The molecule has 0 saturated heterocycles. The monoisotopic (exact) mass is 474 g/mol. The summed E-state index contributed by atoms with van der Waals surface area (Å²) in [5, 5.41) is 8.35. The molecule has 0 atom stereocenters. The predicted octanol–water partition coefficient (Wildman–Crippen LogP) is 4.93. The van der Waals surface area contributed by atoms with Crippen molar-refractivity contribution in [2.75, 3.05) is 10.6 Å². The van der Waals surface area contributed by atoms with Crippen LogP contribution in [0.3, 0.4) is 0 Å². The van der Waals surface area contributed by atoms with Gasteiger partial charge in [-0.05, 0) is 80.8 Å². The van der Waals surface area contributed by atoms with Gasteiger partial charge in [-0.2, -0.15) is 0 Å². The Bertz CT molecular complexity index is 1140. The average molecular weight is 475 g/mol. The van der Waals surface area contributed by atoms with Crippen molar-refractivity contribution >= 4 is 29.3 Å². The van der Waals surface area contributed by atoms with Crippen LogP contribution in [0, 0.1) is 0 Å². The predicted molar refractivity (Wildman–Crippen MR) is 135 cm³/mol. The molecule has 0 unspecified atom stereocenters. The molecule has 35 heavy (non-hydrogen) atoms. The van der Waals surface area contributed by atoms with Crippen molar-refractivity contribution in [1.82, 2.24) is 10.3 Å². The number of amides is 3. The van der Waals surface area contributed by atoms with E-state index in [9.17, 15) is 14.4 Å². The summed E-state index contributed by atoms with van der Waals surface area (Å²) in [5.41, 5.74) is 3.00. The van der Waals surface area contributed by atoms with Crippen LogP contribution < -0.4 is 16.0 Å². The summed E-state index contributed by atoms with van der Waals surface area (Å²) in [7, 11) is 0. The minimum atomic E-state index is -0.583. The lowest BCUT2D eigenvalue weighted by atomic mass is 10.1. The van der Waals surface area contributed by atoms with Gasteiger partial charge in [0.2, 0.25) is 5.91 Å². The zero-order chi connectivity index (χ0) is 25.3. The number of ether oxygens (including phenoxy) is 1. The summed E-state index contributed by atoms with van der Waals surface area (Å²) in [4.78, 5) is 40.5. The number of rotatable bonds is 8. The number of carbonyl (C=O) groups excluding carboxylic acids is 3.